The van der Waals surface area contributed by atoms with E-state index < -0.39 is 0 Å². The van der Waals surface area contributed by atoms with Crippen molar-refractivity contribution in [3.8, 4) is 0 Å². The number of hydrogen-bond acceptors (Lipinski definition) is 0. The van der Waals surface area contributed by atoms with E-state index in [9.17, 15) is 0 Å². The van der Waals surface area contributed by atoms with Gasteiger partial charge in [-0.1, -0.05) is 79.1 Å². The van der Waals surface area contributed by atoms with Crippen LogP contribution < -0.4 is 0 Å². The molecule has 0 rings (SSSR count). The highest BCUT2D eigenvalue weighted by atomic mass is 24.5. The van der Waals surface area contributed by atoms with E-state index in [-0.39, 0.29) is 0 Å². The van der Waals surface area contributed by atoms with Crippen LogP contribution >= 0.6 is 0 Å². The maximum Gasteiger partial charge on any atom is 0.364 e. The third-order valence-electron chi connectivity index (χ3n) is 3.27. The average Bonchev–Trinajstić information content (AvgIpc) is 2.29. The van der Waals surface area contributed by atoms with E-state index >= 15 is 0 Å². The lowest BCUT2D eigenvalue weighted by molar-refractivity contribution is 0.700. The normalized spacial score (nSPS) is 9.78. The molecule has 0 atom stereocenters. The average molecular weight is 277 g/mol. The lowest BCUT2D eigenvalue weighted by Gasteiger charge is -2.03. The molecule has 0 unspecified atom stereocenters. The van der Waals surface area contributed by atoms with Crippen molar-refractivity contribution in [2.45, 2.75) is 85.4 Å². The molecular formula is C16H36Mg2. The van der Waals surface area contributed by atoms with Crippen molar-refractivity contribution >= 4 is 40.7 Å². The summed E-state index contributed by atoms with van der Waals surface area (Å²) >= 11 is 0.706. The molecule has 0 aromatic rings. The van der Waals surface area contributed by atoms with Gasteiger partial charge in [-0.25, -0.2) is 0 Å². The Hall–Kier alpha value is 1.53. The highest BCUT2D eigenvalue weighted by molar-refractivity contribution is 6.35. The molecule has 0 N–H and O–H groups in total. The molecule has 0 aromatic heterocycles. The Bertz CT molecular complexity index is 119. The van der Waals surface area contributed by atoms with Crippen LogP contribution in [0, 0.1) is 11.8 Å². The van der Waals surface area contributed by atoms with Gasteiger partial charge in [0.15, 0.2) is 0 Å². The molecule has 2 heteroatoms. The molecule has 18 heavy (non-hydrogen) atoms. The molecular weight excluding hydrogens is 241 g/mol. The molecule has 0 radical (unpaired) electrons. The SMILES string of the molecule is CC(C)[CH2][Mg][CH2]C(C)C.CCC[CH2][Mg][CH2]CCC. The monoisotopic (exact) mass is 276 g/mol. The molecule has 0 fully saturated rings. The molecule has 0 heterocycles. The van der Waals surface area contributed by atoms with Gasteiger partial charge in [0.05, 0.1) is 0 Å². The van der Waals surface area contributed by atoms with Gasteiger partial charge in [0, 0.05) is 0 Å². The van der Waals surface area contributed by atoms with Crippen LogP contribution in [0.1, 0.15) is 67.2 Å². The van der Waals surface area contributed by atoms with Crippen molar-refractivity contribution in [1.29, 1.82) is 0 Å². The van der Waals surface area contributed by atoms with Gasteiger partial charge in [-0.2, -0.15) is 0 Å². The summed E-state index contributed by atoms with van der Waals surface area (Å²) in [6.45, 7) is 13.9. The van der Waals surface area contributed by atoms with Gasteiger partial charge in [-0.15, -0.1) is 18.2 Å². The lowest BCUT2D eigenvalue weighted by atomic mass is 10.3. The van der Waals surface area contributed by atoms with E-state index in [1.54, 1.807) is 9.10 Å². The first-order chi connectivity index (χ1) is 8.54. The fourth-order valence-electron chi connectivity index (χ4n) is 1.96. The quantitative estimate of drug-likeness (QED) is 0.341. The Morgan fingerprint density at radius 2 is 1.06 bits per heavy atom. The number of hydrogen-bond donors (Lipinski definition) is 0. The topological polar surface area (TPSA) is 0 Å². The minimum Gasteiger partial charge on any atom is -0.146 e. The zero-order valence-corrected chi connectivity index (χ0v) is 17.1. The highest BCUT2D eigenvalue weighted by Gasteiger charge is 2.00. The third-order valence-corrected chi connectivity index (χ3v) is 8.40. The van der Waals surface area contributed by atoms with Crippen molar-refractivity contribution in [3.05, 3.63) is 0 Å². The second-order valence-corrected chi connectivity index (χ2v) is 10.5. The van der Waals surface area contributed by atoms with Crippen molar-refractivity contribution in [3.63, 3.8) is 0 Å². The van der Waals surface area contributed by atoms with Crippen LogP contribution in [-0.2, 0) is 0 Å². The summed E-state index contributed by atoms with van der Waals surface area (Å²) < 4.78 is 6.27. The van der Waals surface area contributed by atoms with E-state index in [0.29, 0.717) is 40.7 Å². The molecule has 0 spiro atoms. The Kier molecular flexibility index (Phi) is 22.5. The van der Waals surface area contributed by atoms with Gasteiger partial charge < -0.3 is 0 Å². The molecule has 0 amide bonds. The van der Waals surface area contributed by atoms with Crippen LogP contribution in [0.25, 0.3) is 0 Å². The van der Waals surface area contributed by atoms with Gasteiger partial charge in [-0.05, 0) is 0 Å². The summed E-state index contributed by atoms with van der Waals surface area (Å²) in [5.74, 6) is 1.91. The minimum atomic E-state index is 0.316. The molecule has 0 aliphatic heterocycles. The highest BCUT2D eigenvalue weighted by Crippen LogP contribution is 2.05. The fourth-order valence-corrected chi connectivity index (χ4v) is 5.89. The first-order valence-corrected chi connectivity index (χ1v) is 12.5. The van der Waals surface area contributed by atoms with Gasteiger partial charge in [-0.3, -0.25) is 0 Å². The van der Waals surface area contributed by atoms with Gasteiger partial charge >= 0.3 is 40.7 Å². The van der Waals surface area contributed by atoms with E-state index in [0.717, 1.165) is 11.8 Å². The smallest absolute Gasteiger partial charge is 0.146 e. The van der Waals surface area contributed by atoms with Crippen LogP contribution in [-0.4, -0.2) is 40.7 Å². The van der Waals surface area contributed by atoms with Gasteiger partial charge in [0.2, 0.25) is 0 Å². The van der Waals surface area contributed by atoms with E-state index in [4.69, 9.17) is 0 Å². The molecule has 0 aliphatic carbocycles. The molecule has 104 valence electrons. The molecule has 0 aromatic carbocycles. The predicted octanol–water partition coefficient (Wildman–Crippen LogP) is 5.97. The maximum atomic E-state index is 2.33. The molecule has 0 saturated heterocycles. The summed E-state index contributed by atoms with van der Waals surface area (Å²) in [5, 5.41) is 0. The molecule has 0 saturated carbocycles. The van der Waals surface area contributed by atoms with Crippen molar-refractivity contribution in [2.24, 2.45) is 11.8 Å². The largest absolute Gasteiger partial charge is 0.364 e. The minimum absolute atomic E-state index is 0.316. The lowest BCUT2D eigenvalue weighted by Crippen LogP contribution is -1.99. The zero-order valence-electron chi connectivity index (χ0n) is 14.2. The first-order valence-electron chi connectivity index (χ1n) is 8.54. The Morgan fingerprint density at radius 3 is 1.33 bits per heavy atom. The number of unbranched alkanes of at least 4 members (excludes halogenated alkanes) is 2. The van der Waals surface area contributed by atoms with Crippen LogP contribution in [0.15, 0.2) is 0 Å². The summed E-state index contributed by atoms with van der Waals surface area (Å²) in [6, 6.07) is 0. The molecule has 0 bridgehead atoms. The van der Waals surface area contributed by atoms with Gasteiger partial charge in [0.1, 0.15) is 0 Å². The Labute approximate surface area is 137 Å². The maximum absolute atomic E-state index is 2.33. The molecule has 0 aliphatic rings. The predicted molar refractivity (Wildman–Crippen MR) is 90.2 cm³/mol. The van der Waals surface area contributed by atoms with E-state index in [1.165, 1.54) is 34.8 Å². The van der Waals surface area contributed by atoms with Crippen molar-refractivity contribution < 1.29 is 0 Å². The number of rotatable bonds is 10. The van der Waals surface area contributed by atoms with Crippen molar-refractivity contribution in [2.75, 3.05) is 0 Å². The standard InChI is InChI=1S/4C4H9.2Mg/c2*1-4(2)3;2*1-3-4-2;;/h2*4H,1H2,2-3H3;2*1,3-4H2,2H3;;. The van der Waals surface area contributed by atoms with E-state index in [2.05, 4.69) is 41.5 Å². The summed E-state index contributed by atoms with van der Waals surface area (Å²) in [6.07, 6.45) is 5.80. The van der Waals surface area contributed by atoms with Crippen molar-refractivity contribution in [1.82, 2.24) is 0 Å². The third kappa shape index (κ3) is 26.2. The summed E-state index contributed by atoms with van der Waals surface area (Å²) in [5.41, 5.74) is 0. The Balaban J connectivity index is 0. The second-order valence-electron chi connectivity index (χ2n) is 6.49. The summed E-state index contributed by atoms with van der Waals surface area (Å²) in [4.78, 5) is 0. The van der Waals surface area contributed by atoms with Gasteiger partial charge in [0.25, 0.3) is 0 Å². The second kappa shape index (κ2) is 18.5. The van der Waals surface area contributed by atoms with E-state index in [1.807, 2.05) is 0 Å². The van der Waals surface area contributed by atoms with Crippen LogP contribution in [0.5, 0.6) is 0 Å². The zero-order chi connectivity index (χ0) is 14.2. The van der Waals surface area contributed by atoms with Crippen LogP contribution in [0.4, 0.5) is 0 Å². The molecule has 0 nitrogen and oxygen atoms in total. The fraction of sp³-hybridized carbons (Fsp3) is 1.00. The van der Waals surface area contributed by atoms with Crippen LogP contribution in [0.3, 0.4) is 0 Å². The Morgan fingerprint density at radius 1 is 0.667 bits per heavy atom. The summed E-state index contributed by atoms with van der Waals surface area (Å²) in [7, 11) is 0. The first kappa shape index (κ1) is 21.8. The van der Waals surface area contributed by atoms with Crippen LogP contribution in [0.2, 0.25) is 18.2 Å².